The molecule has 3 heterocycles. The summed E-state index contributed by atoms with van der Waals surface area (Å²) in [5, 5.41) is 0. The van der Waals surface area contributed by atoms with E-state index in [-0.39, 0.29) is 5.91 Å². The Morgan fingerprint density at radius 3 is 2.54 bits per heavy atom. The van der Waals surface area contributed by atoms with Gasteiger partial charge < -0.3 is 14.5 Å². The molecule has 0 spiro atoms. The molecule has 142 valence electrons. The standard InChI is InChI=1S/C18H27N5O3/c1-13-12-19-14(2)16(20-13)21-8-10-22(11-9-21)17(24)15-6-4-5-7-23(15)18(25)26-3/h12,15H,4-11H2,1-3H3/t15-/m1/s1. The molecule has 0 aliphatic carbocycles. The van der Waals surface area contributed by atoms with Gasteiger partial charge in [-0.2, -0.15) is 0 Å². The van der Waals surface area contributed by atoms with Crippen molar-refractivity contribution in [2.45, 2.75) is 39.2 Å². The third-order valence-corrected chi connectivity index (χ3v) is 5.14. The minimum absolute atomic E-state index is 0.0294. The number of rotatable bonds is 2. The first-order valence-electron chi connectivity index (χ1n) is 9.20. The van der Waals surface area contributed by atoms with Crippen LogP contribution in [0.3, 0.4) is 0 Å². The van der Waals surface area contributed by atoms with Crippen molar-refractivity contribution in [3.05, 3.63) is 17.6 Å². The fourth-order valence-electron chi connectivity index (χ4n) is 3.70. The van der Waals surface area contributed by atoms with Crippen molar-refractivity contribution in [3.63, 3.8) is 0 Å². The number of anilines is 1. The number of hydrogen-bond acceptors (Lipinski definition) is 6. The Morgan fingerprint density at radius 2 is 1.85 bits per heavy atom. The summed E-state index contributed by atoms with van der Waals surface area (Å²) < 4.78 is 4.85. The average molecular weight is 361 g/mol. The zero-order chi connectivity index (χ0) is 18.7. The molecule has 0 saturated carbocycles. The minimum Gasteiger partial charge on any atom is -0.453 e. The third kappa shape index (κ3) is 3.73. The van der Waals surface area contributed by atoms with Gasteiger partial charge >= 0.3 is 6.09 Å². The average Bonchev–Trinajstić information content (AvgIpc) is 2.69. The van der Waals surface area contributed by atoms with E-state index < -0.39 is 12.1 Å². The smallest absolute Gasteiger partial charge is 0.410 e. The Balaban J connectivity index is 1.64. The summed E-state index contributed by atoms with van der Waals surface area (Å²) in [4.78, 5) is 39.5. The van der Waals surface area contributed by atoms with E-state index in [0.717, 1.165) is 43.1 Å². The molecule has 2 amide bonds. The highest BCUT2D eigenvalue weighted by Crippen LogP contribution is 2.22. The van der Waals surface area contributed by atoms with Gasteiger partial charge in [0.15, 0.2) is 0 Å². The van der Waals surface area contributed by atoms with Crippen LogP contribution in [0.2, 0.25) is 0 Å². The second-order valence-electron chi connectivity index (χ2n) is 6.91. The Kier molecular flexibility index (Phi) is 5.58. The zero-order valence-electron chi connectivity index (χ0n) is 15.8. The highest BCUT2D eigenvalue weighted by Gasteiger charge is 2.36. The number of piperazine rings is 1. The highest BCUT2D eigenvalue weighted by molar-refractivity contribution is 5.86. The summed E-state index contributed by atoms with van der Waals surface area (Å²) in [6.45, 7) is 7.15. The van der Waals surface area contributed by atoms with Crippen molar-refractivity contribution in [2.75, 3.05) is 44.7 Å². The summed E-state index contributed by atoms with van der Waals surface area (Å²) in [7, 11) is 1.36. The van der Waals surface area contributed by atoms with Gasteiger partial charge in [0.2, 0.25) is 5.91 Å². The van der Waals surface area contributed by atoms with Gasteiger partial charge in [-0.3, -0.25) is 14.7 Å². The van der Waals surface area contributed by atoms with Gasteiger partial charge in [-0.15, -0.1) is 0 Å². The molecule has 26 heavy (non-hydrogen) atoms. The summed E-state index contributed by atoms with van der Waals surface area (Å²) in [5.74, 6) is 0.924. The fraction of sp³-hybridized carbons (Fsp3) is 0.667. The molecule has 0 aromatic carbocycles. The maximum Gasteiger partial charge on any atom is 0.410 e. The lowest BCUT2D eigenvalue weighted by Crippen LogP contribution is -2.57. The quantitative estimate of drug-likeness (QED) is 0.791. The number of carbonyl (C=O) groups is 2. The van der Waals surface area contributed by atoms with Crippen LogP contribution in [0.5, 0.6) is 0 Å². The Morgan fingerprint density at radius 1 is 1.12 bits per heavy atom. The summed E-state index contributed by atoms with van der Waals surface area (Å²) in [5.41, 5.74) is 1.79. The normalized spacial score (nSPS) is 20.9. The molecule has 0 unspecified atom stereocenters. The highest BCUT2D eigenvalue weighted by atomic mass is 16.5. The summed E-state index contributed by atoms with van der Waals surface area (Å²) in [6, 6.07) is -0.400. The van der Waals surface area contributed by atoms with Crippen LogP contribution in [0.4, 0.5) is 10.6 Å². The molecule has 2 fully saturated rings. The van der Waals surface area contributed by atoms with Crippen LogP contribution in [0.1, 0.15) is 30.7 Å². The van der Waals surface area contributed by atoms with Crippen LogP contribution < -0.4 is 4.90 Å². The van der Waals surface area contributed by atoms with E-state index in [9.17, 15) is 9.59 Å². The van der Waals surface area contributed by atoms with Gasteiger partial charge in [0, 0.05) is 38.9 Å². The molecule has 1 aromatic heterocycles. The van der Waals surface area contributed by atoms with Crippen molar-refractivity contribution in [3.8, 4) is 0 Å². The Hall–Kier alpha value is -2.38. The first-order chi connectivity index (χ1) is 12.5. The maximum atomic E-state index is 13.0. The molecule has 3 rings (SSSR count). The van der Waals surface area contributed by atoms with Gasteiger partial charge in [-0.25, -0.2) is 9.78 Å². The Labute approximate surface area is 154 Å². The minimum atomic E-state index is -0.410. The number of ether oxygens (including phenoxy) is 1. The molecule has 1 atom stereocenters. The van der Waals surface area contributed by atoms with Crippen molar-refractivity contribution in [1.82, 2.24) is 19.8 Å². The topological polar surface area (TPSA) is 78.9 Å². The number of likely N-dealkylation sites (tertiary alicyclic amines) is 1. The molecule has 0 N–H and O–H groups in total. The van der Waals surface area contributed by atoms with Crippen molar-refractivity contribution in [2.24, 2.45) is 0 Å². The van der Waals surface area contributed by atoms with E-state index in [1.807, 2.05) is 18.7 Å². The van der Waals surface area contributed by atoms with Crippen LogP contribution in [-0.4, -0.2) is 77.6 Å². The molecule has 8 nitrogen and oxygen atoms in total. The van der Waals surface area contributed by atoms with Crippen LogP contribution in [-0.2, 0) is 9.53 Å². The molecular weight excluding hydrogens is 334 g/mol. The van der Waals surface area contributed by atoms with Crippen LogP contribution in [0, 0.1) is 13.8 Å². The van der Waals surface area contributed by atoms with Gasteiger partial charge in [-0.05, 0) is 33.1 Å². The lowest BCUT2D eigenvalue weighted by molar-refractivity contribution is -0.137. The second-order valence-corrected chi connectivity index (χ2v) is 6.91. The molecule has 0 radical (unpaired) electrons. The van der Waals surface area contributed by atoms with E-state index in [1.165, 1.54) is 7.11 Å². The number of hydrogen-bond donors (Lipinski definition) is 0. The number of amides is 2. The number of methoxy groups -OCH3 is 1. The zero-order valence-corrected chi connectivity index (χ0v) is 15.8. The van der Waals surface area contributed by atoms with E-state index in [0.29, 0.717) is 26.1 Å². The van der Waals surface area contributed by atoms with Crippen LogP contribution in [0.25, 0.3) is 0 Å². The van der Waals surface area contributed by atoms with E-state index >= 15 is 0 Å². The molecular formula is C18H27N5O3. The van der Waals surface area contributed by atoms with Crippen LogP contribution >= 0.6 is 0 Å². The van der Waals surface area contributed by atoms with Crippen molar-refractivity contribution < 1.29 is 14.3 Å². The molecule has 8 heteroatoms. The summed E-state index contributed by atoms with van der Waals surface area (Å²) >= 11 is 0. The number of carbonyl (C=O) groups excluding carboxylic acids is 2. The molecule has 2 saturated heterocycles. The lowest BCUT2D eigenvalue weighted by Gasteiger charge is -2.40. The molecule has 2 aliphatic rings. The fourth-order valence-corrected chi connectivity index (χ4v) is 3.70. The van der Waals surface area contributed by atoms with E-state index in [2.05, 4.69) is 14.9 Å². The largest absolute Gasteiger partial charge is 0.453 e. The van der Waals surface area contributed by atoms with Crippen molar-refractivity contribution in [1.29, 1.82) is 0 Å². The van der Waals surface area contributed by atoms with Gasteiger partial charge in [0.25, 0.3) is 0 Å². The monoisotopic (exact) mass is 361 g/mol. The number of nitrogens with zero attached hydrogens (tertiary/aromatic N) is 5. The predicted molar refractivity (Wildman–Crippen MR) is 97.0 cm³/mol. The van der Waals surface area contributed by atoms with Crippen molar-refractivity contribution >= 4 is 17.8 Å². The van der Waals surface area contributed by atoms with Crippen LogP contribution in [0.15, 0.2) is 6.20 Å². The maximum absolute atomic E-state index is 13.0. The SMILES string of the molecule is COC(=O)N1CCCC[C@@H]1C(=O)N1CCN(c2nc(C)cnc2C)CC1. The third-order valence-electron chi connectivity index (χ3n) is 5.14. The van der Waals surface area contributed by atoms with Gasteiger partial charge in [0.05, 0.1) is 18.5 Å². The van der Waals surface area contributed by atoms with Gasteiger partial charge in [-0.1, -0.05) is 0 Å². The number of aryl methyl sites for hydroxylation is 2. The van der Waals surface area contributed by atoms with E-state index in [1.54, 1.807) is 11.1 Å². The number of aromatic nitrogens is 2. The predicted octanol–water partition coefficient (Wildman–Crippen LogP) is 1.36. The van der Waals surface area contributed by atoms with E-state index in [4.69, 9.17) is 4.74 Å². The molecule has 0 bridgehead atoms. The summed E-state index contributed by atoms with van der Waals surface area (Å²) in [6.07, 6.45) is 3.94. The molecule has 2 aliphatic heterocycles. The first kappa shape index (κ1) is 18.4. The lowest BCUT2D eigenvalue weighted by atomic mass is 10.0. The second kappa shape index (κ2) is 7.88. The Bertz CT molecular complexity index is 673. The first-order valence-corrected chi connectivity index (χ1v) is 9.20. The number of piperidine rings is 1. The van der Waals surface area contributed by atoms with Gasteiger partial charge in [0.1, 0.15) is 11.9 Å². The molecule has 1 aromatic rings.